The van der Waals surface area contributed by atoms with E-state index < -0.39 is 10.0 Å². The lowest BCUT2D eigenvalue weighted by molar-refractivity contribution is 0.0735. The number of hydrogen-bond donors (Lipinski definition) is 1. The number of carbonyl (C=O) groups excluding carboxylic acids is 1. The molecule has 0 aliphatic carbocycles. The minimum atomic E-state index is -3.77. The highest BCUT2D eigenvalue weighted by Crippen LogP contribution is 2.28. The third-order valence-electron chi connectivity index (χ3n) is 4.90. The van der Waals surface area contributed by atoms with E-state index in [4.69, 9.17) is 9.15 Å². The first-order valence-corrected chi connectivity index (χ1v) is 11.3. The molecule has 0 aliphatic rings. The molecule has 8 nitrogen and oxygen atoms in total. The summed E-state index contributed by atoms with van der Waals surface area (Å²) in [6.07, 6.45) is 3.07. The summed E-state index contributed by atoms with van der Waals surface area (Å²) in [7, 11) is -2.24. The minimum absolute atomic E-state index is 0.0797. The molecule has 3 aromatic rings. The van der Waals surface area contributed by atoms with E-state index in [0.29, 0.717) is 18.0 Å². The van der Waals surface area contributed by atoms with Crippen LogP contribution in [0.4, 0.5) is 0 Å². The summed E-state index contributed by atoms with van der Waals surface area (Å²) in [6, 6.07) is 11.9. The molecule has 2 heterocycles. The maximum Gasteiger partial charge on any atom is 0.289 e. The lowest BCUT2D eigenvalue weighted by Crippen LogP contribution is -2.38. The summed E-state index contributed by atoms with van der Waals surface area (Å²) in [5.74, 6) is 0.426. The Labute approximate surface area is 181 Å². The van der Waals surface area contributed by atoms with Crippen molar-refractivity contribution in [3.8, 4) is 17.0 Å². The third kappa shape index (κ3) is 5.12. The van der Waals surface area contributed by atoms with Crippen molar-refractivity contribution in [2.45, 2.75) is 18.7 Å². The Bertz CT molecular complexity index is 1130. The number of nitrogens with one attached hydrogen (secondary N) is 1. The van der Waals surface area contributed by atoms with E-state index in [-0.39, 0.29) is 29.7 Å². The number of rotatable bonds is 9. The van der Waals surface area contributed by atoms with E-state index in [9.17, 15) is 13.2 Å². The number of carbonyl (C=O) groups is 1. The van der Waals surface area contributed by atoms with E-state index in [1.807, 2.05) is 19.1 Å². The molecule has 2 aromatic heterocycles. The number of aromatic nitrogens is 1. The number of amides is 1. The van der Waals surface area contributed by atoms with Crippen molar-refractivity contribution in [3.05, 3.63) is 66.2 Å². The van der Waals surface area contributed by atoms with Crippen LogP contribution in [0.2, 0.25) is 0 Å². The van der Waals surface area contributed by atoms with Gasteiger partial charge in [-0.25, -0.2) is 18.1 Å². The van der Waals surface area contributed by atoms with Crippen molar-refractivity contribution in [1.29, 1.82) is 0 Å². The van der Waals surface area contributed by atoms with E-state index in [1.54, 1.807) is 43.5 Å². The highest BCUT2D eigenvalue weighted by atomic mass is 32.2. The molecule has 1 amide bonds. The van der Waals surface area contributed by atoms with Gasteiger partial charge in [0.25, 0.3) is 5.91 Å². The van der Waals surface area contributed by atoms with Crippen LogP contribution < -0.4 is 9.46 Å². The summed E-state index contributed by atoms with van der Waals surface area (Å²) < 4.78 is 38.7. The summed E-state index contributed by atoms with van der Waals surface area (Å²) in [4.78, 5) is 18.3. The van der Waals surface area contributed by atoms with Crippen LogP contribution in [-0.2, 0) is 10.0 Å². The molecule has 0 aliphatic heterocycles. The molecule has 0 saturated carbocycles. The quantitative estimate of drug-likeness (QED) is 0.545. The standard InChI is InChI=1S/C22H25N3O5S/c1-4-25(22(26)19-8-6-14-30-19)13-12-24-31(27,28)20-9-5-7-18(16(20)2)17-10-11-21(29-3)23-15-17/h5-11,14-15,24H,4,12-13H2,1-3H3. The van der Waals surface area contributed by atoms with Gasteiger partial charge in [0.05, 0.1) is 18.3 Å². The smallest absolute Gasteiger partial charge is 0.289 e. The number of furan rings is 1. The van der Waals surface area contributed by atoms with Crippen LogP contribution in [0.1, 0.15) is 23.0 Å². The van der Waals surface area contributed by atoms with Crippen LogP contribution in [0.5, 0.6) is 5.88 Å². The molecule has 1 N–H and O–H groups in total. The van der Waals surface area contributed by atoms with Gasteiger partial charge in [-0.05, 0) is 49.2 Å². The van der Waals surface area contributed by atoms with Gasteiger partial charge in [-0.3, -0.25) is 4.79 Å². The predicted octanol–water partition coefficient (Wildman–Crippen LogP) is 3.10. The first-order valence-electron chi connectivity index (χ1n) is 9.80. The van der Waals surface area contributed by atoms with Gasteiger partial charge in [-0.2, -0.15) is 0 Å². The van der Waals surface area contributed by atoms with Crippen molar-refractivity contribution in [2.75, 3.05) is 26.7 Å². The Morgan fingerprint density at radius 2 is 2.00 bits per heavy atom. The maximum absolute atomic E-state index is 12.9. The molecule has 0 bridgehead atoms. The number of methoxy groups -OCH3 is 1. The van der Waals surface area contributed by atoms with Gasteiger partial charge in [0.1, 0.15) is 0 Å². The fourth-order valence-electron chi connectivity index (χ4n) is 3.23. The molecule has 0 atom stereocenters. The number of nitrogens with zero attached hydrogens (tertiary/aromatic N) is 2. The Hall–Kier alpha value is -3.17. The van der Waals surface area contributed by atoms with Gasteiger partial charge in [-0.15, -0.1) is 0 Å². The Morgan fingerprint density at radius 3 is 2.61 bits per heavy atom. The molecule has 3 rings (SSSR count). The summed E-state index contributed by atoms with van der Waals surface area (Å²) >= 11 is 0. The second-order valence-electron chi connectivity index (χ2n) is 6.78. The molecule has 0 radical (unpaired) electrons. The minimum Gasteiger partial charge on any atom is -0.481 e. The molecule has 1 aromatic carbocycles. The van der Waals surface area contributed by atoms with Crippen molar-refractivity contribution >= 4 is 15.9 Å². The van der Waals surface area contributed by atoms with E-state index in [2.05, 4.69) is 9.71 Å². The molecular formula is C22H25N3O5S. The first kappa shape index (κ1) is 22.5. The summed E-state index contributed by atoms with van der Waals surface area (Å²) in [5, 5.41) is 0. The molecule has 9 heteroatoms. The molecule has 0 spiro atoms. The van der Waals surface area contributed by atoms with Gasteiger partial charge >= 0.3 is 0 Å². The second-order valence-corrected chi connectivity index (χ2v) is 8.51. The van der Waals surface area contributed by atoms with Crippen molar-refractivity contribution < 1.29 is 22.4 Å². The van der Waals surface area contributed by atoms with Crippen molar-refractivity contribution in [3.63, 3.8) is 0 Å². The molecular weight excluding hydrogens is 418 g/mol. The normalized spacial score (nSPS) is 11.3. The zero-order valence-electron chi connectivity index (χ0n) is 17.7. The van der Waals surface area contributed by atoms with Crippen LogP contribution >= 0.6 is 0 Å². The summed E-state index contributed by atoms with van der Waals surface area (Å²) in [5.41, 5.74) is 2.17. The van der Waals surface area contributed by atoms with E-state index >= 15 is 0 Å². The van der Waals surface area contributed by atoms with Crippen molar-refractivity contribution in [1.82, 2.24) is 14.6 Å². The van der Waals surface area contributed by atoms with Crippen LogP contribution in [0.3, 0.4) is 0 Å². The zero-order valence-corrected chi connectivity index (χ0v) is 18.5. The van der Waals surface area contributed by atoms with Crippen LogP contribution in [0, 0.1) is 6.92 Å². The number of sulfonamides is 1. The lowest BCUT2D eigenvalue weighted by Gasteiger charge is -2.20. The second kappa shape index (κ2) is 9.76. The van der Waals surface area contributed by atoms with Gasteiger partial charge in [0.2, 0.25) is 15.9 Å². The molecule has 0 unspecified atom stereocenters. The van der Waals surface area contributed by atoms with Gasteiger partial charge in [0.15, 0.2) is 5.76 Å². The fraction of sp³-hybridized carbons (Fsp3) is 0.273. The van der Waals surface area contributed by atoms with Crippen LogP contribution in [0.25, 0.3) is 11.1 Å². The number of likely N-dealkylation sites (N-methyl/N-ethyl adjacent to an activating group) is 1. The molecule has 0 fully saturated rings. The van der Waals surface area contributed by atoms with Crippen molar-refractivity contribution in [2.24, 2.45) is 0 Å². The van der Waals surface area contributed by atoms with Gasteiger partial charge in [-0.1, -0.05) is 12.1 Å². The number of pyridine rings is 1. The SMILES string of the molecule is CCN(CCNS(=O)(=O)c1cccc(-c2ccc(OC)nc2)c1C)C(=O)c1ccco1. The Kier molecular flexibility index (Phi) is 7.09. The van der Waals surface area contributed by atoms with Gasteiger partial charge < -0.3 is 14.1 Å². The van der Waals surface area contributed by atoms with Gasteiger partial charge in [0, 0.05) is 37.5 Å². The number of benzene rings is 1. The van der Waals surface area contributed by atoms with Crippen LogP contribution in [0.15, 0.2) is 64.2 Å². The zero-order chi connectivity index (χ0) is 22.4. The average Bonchev–Trinajstić information content (AvgIpc) is 3.31. The Balaban J connectivity index is 1.73. The lowest BCUT2D eigenvalue weighted by atomic mass is 10.0. The largest absolute Gasteiger partial charge is 0.481 e. The molecule has 164 valence electrons. The first-order chi connectivity index (χ1) is 14.9. The third-order valence-corrected chi connectivity index (χ3v) is 6.51. The van der Waals surface area contributed by atoms with Crippen LogP contribution in [-0.4, -0.2) is 51.0 Å². The average molecular weight is 444 g/mol. The number of hydrogen-bond acceptors (Lipinski definition) is 6. The number of ether oxygens (including phenoxy) is 1. The topological polar surface area (TPSA) is 102 Å². The van der Waals surface area contributed by atoms with E-state index in [0.717, 1.165) is 11.1 Å². The highest BCUT2D eigenvalue weighted by molar-refractivity contribution is 7.89. The molecule has 31 heavy (non-hydrogen) atoms. The fourth-order valence-corrected chi connectivity index (χ4v) is 4.52. The maximum atomic E-state index is 12.9. The molecule has 0 saturated heterocycles. The Morgan fingerprint density at radius 1 is 1.19 bits per heavy atom. The summed E-state index contributed by atoms with van der Waals surface area (Å²) in [6.45, 7) is 4.31. The predicted molar refractivity (Wildman–Crippen MR) is 116 cm³/mol. The van der Waals surface area contributed by atoms with E-state index in [1.165, 1.54) is 18.3 Å². The highest BCUT2D eigenvalue weighted by Gasteiger charge is 2.21. The monoisotopic (exact) mass is 443 g/mol.